The van der Waals surface area contributed by atoms with E-state index < -0.39 is 0 Å². The van der Waals surface area contributed by atoms with E-state index in [1.165, 1.54) is 0 Å². The van der Waals surface area contributed by atoms with Gasteiger partial charge in [0, 0.05) is 18.7 Å². The maximum absolute atomic E-state index is 12.0. The molecule has 6 nitrogen and oxygen atoms in total. The van der Waals surface area contributed by atoms with Crippen molar-refractivity contribution in [1.82, 2.24) is 15.5 Å². The van der Waals surface area contributed by atoms with Crippen molar-refractivity contribution < 1.29 is 9.32 Å². The lowest BCUT2D eigenvalue weighted by atomic mass is 10.00. The normalized spacial score (nSPS) is 12.1. The molecule has 0 saturated heterocycles. The first-order valence-corrected chi connectivity index (χ1v) is 6.48. The topological polar surface area (TPSA) is 94.0 Å². The molecule has 1 aromatic heterocycles. The van der Waals surface area contributed by atoms with Crippen molar-refractivity contribution in [2.24, 2.45) is 0 Å². The summed E-state index contributed by atoms with van der Waals surface area (Å²) in [6.45, 7) is 4.07. The summed E-state index contributed by atoms with van der Waals surface area (Å²) in [5.41, 5.74) is 7.27. The van der Waals surface area contributed by atoms with Crippen molar-refractivity contribution in [2.75, 3.05) is 12.3 Å². The first kappa shape index (κ1) is 14.0. The number of carbonyl (C=O) groups excluding carboxylic acids is 1. The second-order valence-electron chi connectivity index (χ2n) is 4.67. The number of hydrogen-bond donors (Lipinski definition) is 2. The van der Waals surface area contributed by atoms with Crippen molar-refractivity contribution in [3.63, 3.8) is 0 Å². The fourth-order valence-corrected chi connectivity index (χ4v) is 1.87. The Morgan fingerprint density at radius 1 is 1.50 bits per heavy atom. The molecule has 1 atom stereocenters. The SMILES string of the molecule is Cc1noc(CCNC(=O)C(C)c2cccc(N)c2)n1. The van der Waals surface area contributed by atoms with Crippen LogP contribution in [0.4, 0.5) is 5.69 Å². The molecule has 106 valence electrons. The molecule has 0 saturated carbocycles. The van der Waals surface area contributed by atoms with Crippen LogP contribution in [0, 0.1) is 6.92 Å². The highest BCUT2D eigenvalue weighted by Gasteiger charge is 2.15. The molecule has 20 heavy (non-hydrogen) atoms. The van der Waals surface area contributed by atoms with E-state index in [4.69, 9.17) is 10.3 Å². The first-order valence-electron chi connectivity index (χ1n) is 6.48. The number of nitrogen functional groups attached to an aromatic ring is 1. The van der Waals surface area contributed by atoms with Gasteiger partial charge in [-0.2, -0.15) is 4.98 Å². The fourth-order valence-electron chi connectivity index (χ4n) is 1.87. The Balaban J connectivity index is 1.85. The number of aryl methyl sites for hydroxylation is 1. The Morgan fingerprint density at radius 2 is 2.30 bits per heavy atom. The summed E-state index contributed by atoms with van der Waals surface area (Å²) in [5, 5.41) is 6.54. The monoisotopic (exact) mass is 274 g/mol. The van der Waals surface area contributed by atoms with Gasteiger partial charge in [0.05, 0.1) is 5.92 Å². The van der Waals surface area contributed by atoms with Crippen molar-refractivity contribution in [3.8, 4) is 0 Å². The van der Waals surface area contributed by atoms with Gasteiger partial charge in [0.1, 0.15) is 0 Å². The number of nitrogens with two attached hydrogens (primary N) is 1. The highest BCUT2D eigenvalue weighted by molar-refractivity contribution is 5.83. The Morgan fingerprint density at radius 3 is 2.95 bits per heavy atom. The Bertz CT molecular complexity index is 594. The van der Waals surface area contributed by atoms with Crippen LogP contribution < -0.4 is 11.1 Å². The minimum atomic E-state index is -0.247. The predicted molar refractivity (Wildman–Crippen MR) is 75.0 cm³/mol. The molecule has 6 heteroatoms. The quantitative estimate of drug-likeness (QED) is 0.804. The fraction of sp³-hybridized carbons (Fsp3) is 0.357. The van der Waals surface area contributed by atoms with Crippen LogP contribution in [0.3, 0.4) is 0 Å². The summed E-state index contributed by atoms with van der Waals surface area (Å²) < 4.78 is 4.98. The molecule has 0 radical (unpaired) electrons. The molecule has 1 amide bonds. The van der Waals surface area contributed by atoms with Crippen LogP contribution in [0.2, 0.25) is 0 Å². The lowest BCUT2D eigenvalue weighted by Gasteiger charge is -2.12. The zero-order valence-electron chi connectivity index (χ0n) is 11.6. The van der Waals surface area contributed by atoms with E-state index in [9.17, 15) is 4.79 Å². The van der Waals surface area contributed by atoms with Gasteiger partial charge in [-0.3, -0.25) is 4.79 Å². The van der Waals surface area contributed by atoms with Crippen LogP contribution in [-0.4, -0.2) is 22.6 Å². The number of nitrogens with zero attached hydrogens (tertiary/aromatic N) is 2. The molecule has 2 rings (SSSR count). The third-order valence-electron chi connectivity index (χ3n) is 3.01. The van der Waals surface area contributed by atoms with Gasteiger partial charge in [-0.1, -0.05) is 17.3 Å². The highest BCUT2D eigenvalue weighted by atomic mass is 16.5. The minimum absolute atomic E-state index is 0.0492. The summed E-state index contributed by atoms with van der Waals surface area (Å²) in [4.78, 5) is 16.1. The lowest BCUT2D eigenvalue weighted by molar-refractivity contribution is -0.122. The average Bonchev–Trinajstić information content (AvgIpc) is 2.83. The summed E-state index contributed by atoms with van der Waals surface area (Å²) >= 11 is 0. The van der Waals surface area contributed by atoms with E-state index in [-0.39, 0.29) is 11.8 Å². The van der Waals surface area contributed by atoms with Crippen LogP contribution in [0.25, 0.3) is 0 Å². The second kappa shape index (κ2) is 6.18. The molecule has 0 aliphatic heterocycles. The van der Waals surface area contributed by atoms with Crippen LogP contribution >= 0.6 is 0 Å². The number of carbonyl (C=O) groups is 1. The molecule has 1 aromatic carbocycles. The van der Waals surface area contributed by atoms with E-state index >= 15 is 0 Å². The van der Waals surface area contributed by atoms with E-state index in [1.54, 1.807) is 13.0 Å². The third kappa shape index (κ3) is 3.57. The van der Waals surface area contributed by atoms with E-state index in [1.807, 2.05) is 25.1 Å². The number of nitrogens with one attached hydrogen (secondary N) is 1. The summed E-state index contributed by atoms with van der Waals surface area (Å²) in [6, 6.07) is 7.34. The molecule has 2 aromatic rings. The molecule has 0 bridgehead atoms. The van der Waals surface area contributed by atoms with Crippen LogP contribution in [-0.2, 0) is 11.2 Å². The largest absolute Gasteiger partial charge is 0.399 e. The molecule has 3 N–H and O–H groups in total. The molecule has 1 heterocycles. The summed E-state index contributed by atoms with van der Waals surface area (Å²) in [5.74, 6) is 0.827. The van der Waals surface area contributed by atoms with Crippen LogP contribution in [0.15, 0.2) is 28.8 Å². The Labute approximate surface area is 117 Å². The smallest absolute Gasteiger partial charge is 0.228 e. The number of amides is 1. The molecular weight excluding hydrogens is 256 g/mol. The van der Waals surface area contributed by atoms with Crippen molar-refractivity contribution >= 4 is 11.6 Å². The third-order valence-corrected chi connectivity index (χ3v) is 3.01. The van der Waals surface area contributed by atoms with Gasteiger partial charge in [0.25, 0.3) is 0 Å². The van der Waals surface area contributed by atoms with Crippen molar-refractivity contribution in [1.29, 1.82) is 0 Å². The second-order valence-corrected chi connectivity index (χ2v) is 4.67. The maximum Gasteiger partial charge on any atom is 0.228 e. The van der Waals surface area contributed by atoms with Gasteiger partial charge < -0.3 is 15.6 Å². The van der Waals surface area contributed by atoms with Crippen molar-refractivity contribution in [3.05, 3.63) is 41.5 Å². The zero-order chi connectivity index (χ0) is 14.5. The predicted octanol–water partition coefficient (Wildman–Crippen LogP) is 1.42. The van der Waals surface area contributed by atoms with E-state index in [2.05, 4.69) is 15.5 Å². The van der Waals surface area contributed by atoms with Gasteiger partial charge >= 0.3 is 0 Å². The van der Waals surface area contributed by atoms with E-state index in [0.29, 0.717) is 30.4 Å². The first-order chi connectivity index (χ1) is 9.56. The van der Waals surface area contributed by atoms with Gasteiger partial charge in [-0.05, 0) is 31.5 Å². The number of anilines is 1. The maximum atomic E-state index is 12.0. The molecular formula is C14H18N4O2. The van der Waals surface area contributed by atoms with Gasteiger partial charge in [-0.15, -0.1) is 0 Å². The van der Waals surface area contributed by atoms with Gasteiger partial charge in [0.2, 0.25) is 11.8 Å². The standard InChI is InChI=1S/C14H18N4O2/c1-9(11-4-3-5-12(15)8-11)14(19)16-7-6-13-17-10(2)18-20-13/h3-5,8-9H,6-7,15H2,1-2H3,(H,16,19). The van der Waals surface area contributed by atoms with Crippen molar-refractivity contribution in [2.45, 2.75) is 26.2 Å². The van der Waals surface area contributed by atoms with Crippen LogP contribution in [0.1, 0.15) is 30.1 Å². The number of benzene rings is 1. The lowest BCUT2D eigenvalue weighted by Crippen LogP contribution is -2.29. The molecule has 1 unspecified atom stereocenters. The molecule has 0 aliphatic carbocycles. The van der Waals surface area contributed by atoms with Gasteiger partial charge in [0.15, 0.2) is 5.82 Å². The zero-order valence-corrected chi connectivity index (χ0v) is 11.6. The van der Waals surface area contributed by atoms with Crippen LogP contribution in [0.5, 0.6) is 0 Å². The summed E-state index contributed by atoms with van der Waals surface area (Å²) in [7, 11) is 0. The molecule has 0 spiro atoms. The molecule has 0 aliphatic rings. The minimum Gasteiger partial charge on any atom is -0.399 e. The molecule has 0 fully saturated rings. The highest BCUT2D eigenvalue weighted by Crippen LogP contribution is 2.17. The number of rotatable bonds is 5. The Hall–Kier alpha value is -2.37. The Kier molecular flexibility index (Phi) is 4.34. The summed E-state index contributed by atoms with van der Waals surface area (Å²) in [6.07, 6.45) is 0.524. The average molecular weight is 274 g/mol. The van der Waals surface area contributed by atoms with Gasteiger partial charge in [-0.25, -0.2) is 0 Å². The van der Waals surface area contributed by atoms with E-state index in [0.717, 1.165) is 5.56 Å². The number of hydrogen-bond acceptors (Lipinski definition) is 5. The number of aromatic nitrogens is 2.